The monoisotopic (exact) mass is 441 g/mol. The fourth-order valence-corrected chi connectivity index (χ4v) is 3.80. The van der Waals surface area contributed by atoms with E-state index in [4.69, 9.17) is 21.1 Å². The van der Waals surface area contributed by atoms with Gasteiger partial charge in [0.05, 0.1) is 42.2 Å². The van der Waals surface area contributed by atoms with Gasteiger partial charge in [0, 0.05) is 6.42 Å². The van der Waals surface area contributed by atoms with Crippen LogP contribution in [0.25, 0.3) is 0 Å². The van der Waals surface area contributed by atoms with Gasteiger partial charge in [-0.3, -0.25) is 9.48 Å². The zero-order valence-corrected chi connectivity index (χ0v) is 18.4. The van der Waals surface area contributed by atoms with Crippen molar-refractivity contribution in [1.29, 1.82) is 0 Å². The summed E-state index contributed by atoms with van der Waals surface area (Å²) in [6.07, 6.45) is 2.30. The van der Waals surface area contributed by atoms with Crippen molar-refractivity contribution in [3.63, 3.8) is 0 Å². The molecular weight excluding hydrogens is 418 g/mol. The summed E-state index contributed by atoms with van der Waals surface area (Å²) < 4.78 is 11.9. The molecule has 0 atom stereocenters. The first-order valence-corrected chi connectivity index (χ1v) is 10.4. The number of nitrogens with one attached hydrogen (secondary N) is 1. The van der Waals surface area contributed by atoms with Crippen LogP contribution in [0.3, 0.4) is 0 Å². The van der Waals surface area contributed by atoms with Gasteiger partial charge in [0.15, 0.2) is 0 Å². The molecule has 0 aromatic carbocycles. The van der Waals surface area contributed by atoms with Crippen LogP contribution in [0.15, 0.2) is 6.20 Å². The first-order valence-electron chi connectivity index (χ1n) is 9.25. The fraction of sp³-hybridized carbons (Fsp3) is 0.474. The van der Waals surface area contributed by atoms with Crippen LogP contribution in [0.1, 0.15) is 58.0 Å². The molecule has 0 bridgehead atoms. The smallest absolute Gasteiger partial charge is 0.348 e. The predicted octanol–water partition coefficient (Wildman–Crippen LogP) is 3.99. The molecule has 158 valence electrons. The van der Waals surface area contributed by atoms with Crippen molar-refractivity contribution in [1.82, 2.24) is 9.78 Å². The summed E-state index contributed by atoms with van der Waals surface area (Å²) in [6, 6.07) is 0. The summed E-state index contributed by atoms with van der Waals surface area (Å²) in [4.78, 5) is 37.4. The van der Waals surface area contributed by atoms with Gasteiger partial charge < -0.3 is 14.8 Å². The standard InChI is InChI=1S/C19H24ClN3O5S/c1-5-9-28-18(25)15-11(3)16(19(26)27-6-2)29-17(15)22-14(24)7-8-23-12(4)13(20)10-21-23/h10H,5-9H2,1-4H3,(H,22,24). The molecule has 1 N–H and O–H groups in total. The van der Waals surface area contributed by atoms with E-state index in [0.717, 1.165) is 17.0 Å². The van der Waals surface area contributed by atoms with Crippen molar-refractivity contribution in [2.24, 2.45) is 0 Å². The minimum Gasteiger partial charge on any atom is -0.462 e. The number of anilines is 1. The van der Waals surface area contributed by atoms with E-state index in [0.29, 0.717) is 23.6 Å². The van der Waals surface area contributed by atoms with Crippen molar-refractivity contribution in [2.45, 2.75) is 47.1 Å². The van der Waals surface area contributed by atoms with E-state index >= 15 is 0 Å². The van der Waals surface area contributed by atoms with E-state index < -0.39 is 11.9 Å². The van der Waals surface area contributed by atoms with Crippen molar-refractivity contribution >= 4 is 45.8 Å². The van der Waals surface area contributed by atoms with Crippen LogP contribution in [0.2, 0.25) is 5.02 Å². The molecular formula is C19H24ClN3O5S. The summed E-state index contributed by atoms with van der Waals surface area (Å²) in [5.74, 6) is -1.44. The Kier molecular flexibility index (Phi) is 8.21. The minimum absolute atomic E-state index is 0.119. The number of ether oxygens (including phenoxy) is 2. The Morgan fingerprint density at radius 1 is 1.21 bits per heavy atom. The molecule has 2 heterocycles. The van der Waals surface area contributed by atoms with E-state index in [-0.39, 0.29) is 41.0 Å². The van der Waals surface area contributed by atoms with E-state index in [1.807, 2.05) is 13.8 Å². The molecule has 0 saturated carbocycles. The van der Waals surface area contributed by atoms with Gasteiger partial charge in [0.2, 0.25) is 5.91 Å². The highest BCUT2D eigenvalue weighted by Gasteiger charge is 2.27. The molecule has 0 fully saturated rings. The van der Waals surface area contributed by atoms with Crippen molar-refractivity contribution in [3.8, 4) is 0 Å². The lowest BCUT2D eigenvalue weighted by Gasteiger charge is -2.08. The lowest BCUT2D eigenvalue weighted by molar-refractivity contribution is -0.116. The second-order valence-corrected chi connectivity index (χ2v) is 7.64. The summed E-state index contributed by atoms with van der Waals surface area (Å²) in [6.45, 7) is 7.80. The largest absolute Gasteiger partial charge is 0.462 e. The van der Waals surface area contributed by atoms with E-state index in [1.54, 1.807) is 18.5 Å². The second-order valence-electron chi connectivity index (χ2n) is 6.22. The maximum Gasteiger partial charge on any atom is 0.348 e. The Morgan fingerprint density at radius 3 is 2.52 bits per heavy atom. The number of hydrogen-bond donors (Lipinski definition) is 1. The third-order valence-electron chi connectivity index (χ3n) is 4.10. The number of carbonyl (C=O) groups excluding carboxylic acids is 3. The number of thiophene rings is 1. The van der Waals surface area contributed by atoms with Crippen LogP contribution in [0.5, 0.6) is 0 Å². The number of esters is 2. The quantitative estimate of drug-likeness (QED) is 0.590. The minimum atomic E-state index is -0.582. The van der Waals surface area contributed by atoms with E-state index in [1.165, 1.54) is 6.20 Å². The van der Waals surface area contributed by atoms with Gasteiger partial charge in [0.25, 0.3) is 0 Å². The average Bonchev–Trinajstić information content (AvgIpc) is 3.17. The lowest BCUT2D eigenvalue weighted by atomic mass is 10.1. The highest BCUT2D eigenvalue weighted by atomic mass is 35.5. The van der Waals surface area contributed by atoms with Crippen molar-refractivity contribution in [2.75, 3.05) is 18.5 Å². The van der Waals surface area contributed by atoms with Gasteiger partial charge in [-0.2, -0.15) is 5.10 Å². The molecule has 29 heavy (non-hydrogen) atoms. The predicted molar refractivity (Wildman–Crippen MR) is 111 cm³/mol. The van der Waals surface area contributed by atoms with Gasteiger partial charge in [-0.15, -0.1) is 11.3 Å². The number of hydrogen-bond acceptors (Lipinski definition) is 7. The summed E-state index contributed by atoms with van der Waals surface area (Å²) in [5, 5.41) is 7.62. The number of nitrogens with zero attached hydrogens (tertiary/aromatic N) is 2. The molecule has 0 aliphatic carbocycles. The highest BCUT2D eigenvalue weighted by Crippen LogP contribution is 2.34. The Balaban J connectivity index is 2.21. The van der Waals surface area contributed by atoms with Gasteiger partial charge in [0.1, 0.15) is 9.88 Å². The van der Waals surface area contributed by atoms with E-state index in [9.17, 15) is 14.4 Å². The highest BCUT2D eigenvalue weighted by molar-refractivity contribution is 7.18. The third-order valence-corrected chi connectivity index (χ3v) is 5.65. The number of aromatic nitrogens is 2. The first kappa shape index (κ1) is 22.9. The van der Waals surface area contributed by atoms with Gasteiger partial charge in [-0.25, -0.2) is 9.59 Å². The molecule has 0 unspecified atom stereocenters. The topological polar surface area (TPSA) is 99.5 Å². The molecule has 2 aromatic heterocycles. The van der Waals surface area contributed by atoms with Crippen LogP contribution in [-0.2, 0) is 20.8 Å². The normalized spacial score (nSPS) is 10.7. The first-order chi connectivity index (χ1) is 13.8. The fourth-order valence-electron chi connectivity index (χ4n) is 2.55. The van der Waals surface area contributed by atoms with Crippen LogP contribution in [0, 0.1) is 13.8 Å². The SMILES string of the molecule is CCCOC(=O)c1c(NC(=O)CCn2ncc(Cl)c2C)sc(C(=O)OCC)c1C. The second kappa shape index (κ2) is 10.4. The molecule has 0 radical (unpaired) electrons. The molecule has 1 amide bonds. The number of carbonyl (C=O) groups is 3. The summed E-state index contributed by atoms with van der Waals surface area (Å²) in [5.41, 5.74) is 1.37. The maximum absolute atomic E-state index is 12.5. The Morgan fingerprint density at radius 2 is 1.93 bits per heavy atom. The Hall–Kier alpha value is -2.39. The summed E-state index contributed by atoms with van der Waals surface area (Å²) in [7, 11) is 0. The molecule has 0 saturated heterocycles. The molecule has 2 aromatic rings. The molecule has 2 rings (SSSR count). The maximum atomic E-state index is 12.5. The Bertz CT molecular complexity index is 906. The number of halogens is 1. The van der Waals surface area contributed by atoms with Gasteiger partial charge in [-0.05, 0) is 32.8 Å². The van der Waals surface area contributed by atoms with Crippen molar-refractivity contribution in [3.05, 3.63) is 32.9 Å². The van der Waals surface area contributed by atoms with Gasteiger partial charge in [-0.1, -0.05) is 18.5 Å². The van der Waals surface area contributed by atoms with Crippen LogP contribution >= 0.6 is 22.9 Å². The molecule has 0 aliphatic heterocycles. The number of aryl methyl sites for hydroxylation is 1. The molecule has 8 nitrogen and oxygen atoms in total. The lowest BCUT2D eigenvalue weighted by Crippen LogP contribution is -2.17. The van der Waals surface area contributed by atoms with Crippen molar-refractivity contribution < 1.29 is 23.9 Å². The summed E-state index contributed by atoms with van der Waals surface area (Å²) >= 11 is 6.97. The molecule has 10 heteroatoms. The van der Waals surface area contributed by atoms with Crippen LogP contribution < -0.4 is 5.32 Å². The van der Waals surface area contributed by atoms with Crippen LogP contribution in [-0.4, -0.2) is 40.8 Å². The zero-order chi connectivity index (χ0) is 21.6. The van der Waals surface area contributed by atoms with E-state index in [2.05, 4.69) is 10.4 Å². The van der Waals surface area contributed by atoms with Gasteiger partial charge >= 0.3 is 11.9 Å². The number of rotatable bonds is 9. The molecule has 0 aliphatic rings. The average molecular weight is 442 g/mol. The Labute approximate surface area is 178 Å². The zero-order valence-electron chi connectivity index (χ0n) is 16.8. The van der Waals surface area contributed by atoms with Crippen LogP contribution in [0.4, 0.5) is 5.00 Å². The number of amides is 1. The third kappa shape index (κ3) is 5.57. The molecule has 0 spiro atoms.